The fraction of sp³-hybridized carbons (Fsp3) is 0.769. The van der Waals surface area contributed by atoms with Crippen LogP contribution in [0.4, 0.5) is 0 Å². The van der Waals surface area contributed by atoms with Crippen LogP contribution in [-0.2, 0) is 16.6 Å². The van der Waals surface area contributed by atoms with Gasteiger partial charge in [0, 0.05) is 18.8 Å². The Morgan fingerprint density at radius 3 is 2.80 bits per heavy atom. The lowest BCUT2D eigenvalue weighted by atomic mass is 10.1. The van der Waals surface area contributed by atoms with E-state index in [1.54, 1.807) is 10.9 Å². The molecule has 1 aromatic heterocycles. The molecule has 1 rings (SSSR count). The van der Waals surface area contributed by atoms with Gasteiger partial charge >= 0.3 is 0 Å². The molecule has 1 unspecified atom stereocenters. The molecule has 0 aromatic carbocycles. The van der Waals surface area contributed by atoms with Gasteiger partial charge in [0.15, 0.2) is 0 Å². The van der Waals surface area contributed by atoms with Crippen molar-refractivity contribution in [3.8, 4) is 0 Å². The number of hydrogen-bond donors (Lipinski definition) is 2. The molecule has 20 heavy (non-hydrogen) atoms. The van der Waals surface area contributed by atoms with Crippen LogP contribution in [0.1, 0.15) is 46.0 Å². The molecule has 1 atom stereocenters. The van der Waals surface area contributed by atoms with Crippen LogP contribution in [-0.4, -0.2) is 30.8 Å². The van der Waals surface area contributed by atoms with Crippen LogP contribution in [0, 0.1) is 0 Å². The Morgan fingerprint density at radius 2 is 2.15 bits per heavy atom. The highest BCUT2D eigenvalue weighted by Gasteiger charge is 2.19. The molecule has 0 radical (unpaired) electrons. The number of sulfonamides is 1. The average molecular weight is 302 g/mol. The maximum absolute atomic E-state index is 12.2. The molecule has 3 N–H and O–H groups in total. The van der Waals surface area contributed by atoms with Gasteiger partial charge in [0.2, 0.25) is 10.0 Å². The molecule has 1 heterocycles. The summed E-state index contributed by atoms with van der Waals surface area (Å²) < 4.78 is 28.7. The van der Waals surface area contributed by atoms with E-state index in [0.29, 0.717) is 13.1 Å². The van der Waals surface area contributed by atoms with E-state index >= 15 is 0 Å². The first-order chi connectivity index (χ1) is 9.49. The van der Waals surface area contributed by atoms with Gasteiger partial charge in [0.25, 0.3) is 0 Å². The summed E-state index contributed by atoms with van der Waals surface area (Å²) in [5, 5.41) is 4.04. The molecule has 0 bridgehead atoms. The predicted octanol–water partition coefficient (Wildman–Crippen LogP) is 1.48. The Bertz CT molecular complexity index is 484. The summed E-state index contributed by atoms with van der Waals surface area (Å²) in [4.78, 5) is 0.219. The Hall–Kier alpha value is -0.920. The van der Waals surface area contributed by atoms with Crippen molar-refractivity contribution < 1.29 is 8.42 Å². The van der Waals surface area contributed by atoms with Crippen molar-refractivity contribution in [2.45, 2.75) is 63.4 Å². The van der Waals surface area contributed by atoms with Crippen LogP contribution in [0.5, 0.6) is 0 Å². The van der Waals surface area contributed by atoms with E-state index < -0.39 is 10.0 Å². The van der Waals surface area contributed by atoms with Crippen molar-refractivity contribution >= 4 is 10.0 Å². The Kier molecular flexibility index (Phi) is 7.18. The first kappa shape index (κ1) is 17.1. The lowest BCUT2D eigenvalue weighted by molar-refractivity contribution is 0.527. The molecule has 0 saturated carbocycles. The SMILES string of the molecule is CCCCCC(C)NS(=O)(=O)c1cnn(CCCN)c1. The second kappa shape index (κ2) is 8.39. The summed E-state index contributed by atoms with van der Waals surface area (Å²) in [5.74, 6) is 0. The van der Waals surface area contributed by atoms with Gasteiger partial charge in [-0.2, -0.15) is 5.10 Å². The van der Waals surface area contributed by atoms with Crippen LogP contribution < -0.4 is 10.5 Å². The Morgan fingerprint density at radius 1 is 1.40 bits per heavy atom. The van der Waals surface area contributed by atoms with Gasteiger partial charge in [-0.3, -0.25) is 4.68 Å². The van der Waals surface area contributed by atoms with E-state index in [0.717, 1.165) is 32.1 Å². The highest BCUT2D eigenvalue weighted by Crippen LogP contribution is 2.10. The van der Waals surface area contributed by atoms with Crippen molar-refractivity contribution in [2.24, 2.45) is 5.73 Å². The number of aromatic nitrogens is 2. The molecule has 1 aromatic rings. The van der Waals surface area contributed by atoms with E-state index in [4.69, 9.17) is 5.73 Å². The predicted molar refractivity (Wildman–Crippen MR) is 79.8 cm³/mol. The third-order valence-electron chi connectivity index (χ3n) is 3.11. The third kappa shape index (κ3) is 5.60. The van der Waals surface area contributed by atoms with Gasteiger partial charge < -0.3 is 5.73 Å². The maximum Gasteiger partial charge on any atom is 0.243 e. The molecule has 7 heteroatoms. The van der Waals surface area contributed by atoms with E-state index in [1.807, 2.05) is 6.92 Å². The standard InChI is InChI=1S/C13H26N4O2S/c1-3-4-5-7-12(2)16-20(18,19)13-10-15-17(11-13)9-6-8-14/h10-12,16H,3-9,14H2,1-2H3. The fourth-order valence-electron chi connectivity index (χ4n) is 1.95. The lowest BCUT2D eigenvalue weighted by Gasteiger charge is -2.12. The smallest absolute Gasteiger partial charge is 0.243 e. The number of nitrogens with zero attached hydrogens (tertiary/aromatic N) is 2. The van der Waals surface area contributed by atoms with Gasteiger partial charge in [-0.15, -0.1) is 0 Å². The minimum absolute atomic E-state index is 0.0565. The number of nitrogens with two attached hydrogens (primary N) is 1. The topological polar surface area (TPSA) is 90.0 Å². The normalized spacial score (nSPS) is 13.6. The number of aryl methyl sites for hydroxylation is 1. The molecular formula is C13H26N4O2S. The summed E-state index contributed by atoms with van der Waals surface area (Å²) in [7, 11) is -3.47. The van der Waals surface area contributed by atoms with Gasteiger partial charge in [0.1, 0.15) is 4.90 Å². The third-order valence-corrected chi connectivity index (χ3v) is 4.65. The molecule has 0 aliphatic heterocycles. The van der Waals surface area contributed by atoms with Gasteiger partial charge in [-0.05, 0) is 26.3 Å². The van der Waals surface area contributed by atoms with Crippen LogP contribution >= 0.6 is 0 Å². The van der Waals surface area contributed by atoms with Crippen molar-refractivity contribution in [1.82, 2.24) is 14.5 Å². The molecule has 0 spiro atoms. The number of unbranched alkanes of at least 4 members (excludes halogenated alkanes) is 2. The van der Waals surface area contributed by atoms with Gasteiger partial charge in [-0.25, -0.2) is 13.1 Å². The van der Waals surface area contributed by atoms with E-state index in [9.17, 15) is 8.42 Å². The van der Waals surface area contributed by atoms with Crippen molar-refractivity contribution in [2.75, 3.05) is 6.54 Å². The minimum Gasteiger partial charge on any atom is -0.330 e. The zero-order chi connectivity index (χ0) is 15.0. The zero-order valence-corrected chi connectivity index (χ0v) is 13.2. The molecule has 0 aliphatic carbocycles. The molecule has 0 fully saturated rings. The number of hydrogen-bond acceptors (Lipinski definition) is 4. The zero-order valence-electron chi connectivity index (χ0n) is 12.4. The van der Waals surface area contributed by atoms with Crippen LogP contribution in [0.15, 0.2) is 17.3 Å². The summed E-state index contributed by atoms with van der Waals surface area (Å²) in [6.45, 7) is 5.23. The summed E-state index contributed by atoms with van der Waals surface area (Å²) in [6, 6.07) is -0.0565. The molecule has 6 nitrogen and oxygen atoms in total. The highest BCUT2D eigenvalue weighted by atomic mass is 32.2. The van der Waals surface area contributed by atoms with E-state index in [-0.39, 0.29) is 10.9 Å². The van der Waals surface area contributed by atoms with Crippen LogP contribution in [0.3, 0.4) is 0 Å². The first-order valence-corrected chi connectivity index (χ1v) is 8.72. The molecule has 116 valence electrons. The maximum atomic E-state index is 12.2. The largest absolute Gasteiger partial charge is 0.330 e. The minimum atomic E-state index is -3.47. The lowest BCUT2D eigenvalue weighted by Crippen LogP contribution is -2.32. The van der Waals surface area contributed by atoms with Crippen LogP contribution in [0.2, 0.25) is 0 Å². The number of nitrogens with one attached hydrogen (secondary N) is 1. The molecule has 0 saturated heterocycles. The highest BCUT2D eigenvalue weighted by molar-refractivity contribution is 7.89. The summed E-state index contributed by atoms with van der Waals surface area (Å²) in [6.07, 6.45) is 7.87. The average Bonchev–Trinajstić information content (AvgIpc) is 2.85. The second-order valence-electron chi connectivity index (χ2n) is 5.10. The number of rotatable bonds is 10. The van der Waals surface area contributed by atoms with E-state index in [2.05, 4.69) is 16.7 Å². The molecule has 0 aliphatic rings. The monoisotopic (exact) mass is 302 g/mol. The van der Waals surface area contributed by atoms with Crippen molar-refractivity contribution in [3.63, 3.8) is 0 Å². The Labute approximate surface area is 121 Å². The molecular weight excluding hydrogens is 276 g/mol. The van der Waals surface area contributed by atoms with Gasteiger partial charge in [-0.1, -0.05) is 26.2 Å². The van der Waals surface area contributed by atoms with Crippen LogP contribution in [0.25, 0.3) is 0 Å². The quantitative estimate of drug-likeness (QED) is 0.641. The first-order valence-electron chi connectivity index (χ1n) is 7.24. The Balaban J connectivity index is 2.57. The summed E-state index contributed by atoms with van der Waals surface area (Å²) >= 11 is 0. The second-order valence-corrected chi connectivity index (χ2v) is 6.81. The fourth-order valence-corrected chi connectivity index (χ4v) is 3.18. The summed E-state index contributed by atoms with van der Waals surface area (Å²) in [5.41, 5.74) is 5.42. The molecule has 0 amide bonds. The van der Waals surface area contributed by atoms with Gasteiger partial charge in [0.05, 0.1) is 6.20 Å². The van der Waals surface area contributed by atoms with Crippen molar-refractivity contribution in [3.05, 3.63) is 12.4 Å². The van der Waals surface area contributed by atoms with Crippen molar-refractivity contribution in [1.29, 1.82) is 0 Å². The van der Waals surface area contributed by atoms with E-state index in [1.165, 1.54) is 6.20 Å².